The maximum atomic E-state index is 3.63. The van der Waals surface area contributed by atoms with Crippen LogP contribution in [0.3, 0.4) is 0 Å². The van der Waals surface area contributed by atoms with Gasteiger partial charge in [-0.1, -0.05) is 58.4 Å². The zero-order chi connectivity index (χ0) is 8.84. The van der Waals surface area contributed by atoms with Gasteiger partial charge in [-0.2, -0.15) is 0 Å². The zero-order valence-electron chi connectivity index (χ0n) is 7.07. The van der Waals surface area contributed by atoms with Crippen LogP contribution >= 0.6 is 15.9 Å². The van der Waals surface area contributed by atoms with Crippen LogP contribution in [0.15, 0.2) is 47.0 Å². The Balaban J connectivity index is 2.26. The molecule has 0 aromatic heterocycles. The highest BCUT2D eigenvalue weighted by Crippen LogP contribution is 2.46. The van der Waals surface area contributed by atoms with Gasteiger partial charge in [0.1, 0.15) is 0 Å². The van der Waals surface area contributed by atoms with Gasteiger partial charge in [-0.3, -0.25) is 0 Å². The molecule has 0 unspecified atom stereocenters. The summed E-state index contributed by atoms with van der Waals surface area (Å²) in [4.78, 5) is 0. The third kappa shape index (κ3) is 0.969. The first-order valence-corrected chi connectivity index (χ1v) is 5.30. The molecule has 2 bridgehead atoms. The second-order valence-corrected chi connectivity index (χ2v) is 4.48. The lowest BCUT2D eigenvalue weighted by Crippen LogP contribution is -2.14. The van der Waals surface area contributed by atoms with Gasteiger partial charge >= 0.3 is 0 Å². The highest BCUT2D eigenvalue weighted by molar-refractivity contribution is 9.11. The highest BCUT2D eigenvalue weighted by atomic mass is 79.9. The van der Waals surface area contributed by atoms with Crippen molar-refractivity contribution in [1.29, 1.82) is 0 Å². The van der Waals surface area contributed by atoms with Gasteiger partial charge in [-0.15, -0.1) is 0 Å². The van der Waals surface area contributed by atoms with E-state index in [4.69, 9.17) is 0 Å². The van der Waals surface area contributed by atoms with Crippen LogP contribution in [0.4, 0.5) is 0 Å². The number of hydrogen-bond donors (Lipinski definition) is 0. The van der Waals surface area contributed by atoms with Gasteiger partial charge in [0.05, 0.1) is 0 Å². The summed E-state index contributed by atoms with van der Waals surface area (Å²) in [6.07, 6.45) is 6.88. The fourth-order valence-electron chi connectivity index (χ4n) is 2.20. The molecule has 64 valence electrons. The van der Waals surface area contributed by atoms with Gasteiger partial charge in [-0.25, -0.2) is 0 Å². The summed E-state index contributed by atoms with van der Waals surface area (Å²) in [5.74, 6) is 0.969. The molecule has 0 nitrogen and oxygen atoms in total. The minimum absolute atomic E-state index is 0.473. The molecule has 1 aromatic carbocycles. The average Bonchev–Trinajstić information content (AvgIpc) is 2.19. The predicted octanol–water partition coefficient (Wildman–Crippen LogP) is 3.72. The highest BCUT2D eigenvalue weighted by Gasteiger charge is 2.27. The van der Waals surface area contributed by atoms with Crippen molar-refractivity contribution in [3.05, 3.63) is 58.1 Å². The van der Waals surface area contributed by atoms with Gasteiger partial charge in [0.25, 0.3) is 0 Å². The average molecular weight is 233 g/mol. The van der Waals surface area contributed by atoms with E-state index in [1.807, 2.05) is 0 Å². The molecule has 0 radical (unpaired) electrons. The first-order valence-electron chi connectivity index (χ1n) is 4.50. The van der Waals surface area contributed by atoms with Gasteiger partial charge < -0.3 is 0 Å². The van der Waals surface area contributed by atoms with E-state index in [0.29, 0.717) is 11.8 Å². The molecule has 0 heterocycles. The third-order valence-corrected chi connectivity index (χ3v) is 3.59. The van der Waals surface area contributed by atoms with Crippen LogP contribution in [0, 0.1) is 0 Å². The number of halogens is 1. The van der Waals surface area contributed by atoms with Crippen molar-refractivity contribution in [2.75, 3.05) is 0 Å². The Morgan fingerprint density at radius 3 is 2.54 bits per heavy atom. The molecule has 0 N–H and O–H groups in total. The van der Waals surface area contributed by atoms with E-state index in [1.54, 1.807) is 0 Å². The third-order valence-electron chi connectivity index (χ3n) is 2.84. The van der Waals surface area contributed by atoms with Crippen LogP contribution in [0.2, 0.25) is 0 Å². The lowest BCUT2D eigenvalue weighted by atomic mass is 9.76. The lowest BCUT2D eigenvalue weighted by Gasteiger charge is -2.30. The second kappa shape index (κ2) is 2.58. The van der Waals surface area contributed by atoms with Crippen molar-refractivity contribution in [2.24, 2.45) is 0 Å². The number of benzene rings is 1. The maximum Gasteiger partial charge on any atom is 0.0336 e. The van der Waals surface area contributed by atoms with E-state index in [1.165, 1.54) is 15.6 Å². The quantitative estimate of drug-likeness (QED) is 0.599. The zero-order valence-corrected chi connectivity index (χ0v) is 8.66. The van der Waals surface area contributed by atoms with Crippen LogP contribution in [0.1, 0.15) is 23.0 Å². The summed E-state index contributed by atoms with van der Waals surface area (Å²) < 4.78 is 1.32. The van der Waals surface area contributed by atoms with Crippen molar-refractivity contribution in [1.82, 2.24) is 0 Å². The van der Waals surface area contributed by atoms with Gasteiger partial charge in [0.15, 0.2) is 0 Å². The summed E-state index contributed by atoms with van der Waals surface area (Å²) in [7, 11) is 0. The molecule has 4 rings (SSSR count). The van der Waals surface area contributed by atoms with Crippen molar-refractivity contribution < 1.29 is 0 Å². The van der Waals surface area contributed by atoms with Crippen LogP contribution in [0.25, 0.3) is 0 Å². The maximum absolute atomic E-state index is 3.63. The van der Waals surface area contributed by atoms with Crippen molar-refractivity contribution in [3.8, 4) is 0 Å². The Morgan fingerprint density at radius 1 is 1.00 bits per heavy atom. The van der Waals surface area contributed by atoms with E-state index in [-0.39, 0.29) is 0 Å². The van der Waals surface area contributed by atoms with Crippen molar-refractivity contribution >= 4 is 15.9 Å². The monoisotopic (exact) mass is 232 g/mol. The minimum Gasteiger partial charge on any atom is -0.0762 e. The number of rotatable bonds is 0. The summed E-state index contributed by atoms with van der Waals surface area (Å²) in [6.45, 7) is 0. The van der Waals surface area contributed by atoms with Gasteiger partial charge in [0.2, 0.25) is 0 Å². The normalized spacial score (nSPS) is 28.5. The predicted molar refractivity (Wildman–Crippen MR) is 58.1 cm³/mol. The van der Waals surface area contributed by atoms with E-state index >= 15 is 0 Å². The van der Waals surface area contributed by atoms with Crippen LogP contribution in [0.5, 0.6) is 0 Å². The molecule has 0 aliphatic heterocycles. The molecule has 0 spiro atoms. The Hall–Kier alpha value is -0.820. The molecular weight excluding hydrogens is 224 g/mol. The molecule has 0 fully saturated rings. The molecule has 0 amide bonds. The van der Waals surface area contributed by atoms with Crippen molar-refractivity contribution in [2.45, 2.75) is 11.8 Å². The lowest BCUT2D eigenvalue weighted by molar-refractivity contribution is 0.869. The molecule has 13 heavy (non-hydrogen) atoms. The first kappa shape index (κ1) is 7.57. The summed E-state index contributed by atoms with van der Waals surface area (Å²) in [5.41, 5.74) is 2.93. The fourth-order valence-corrected chi connectivity index (χ4v) is 2.88. The van der Waals surface area contributed by atoms with E-state index in [9.17, 15) is 0 Å². The summed E-state index contributed by atoms with van der Waals surface area (Å²) in [5, 5.41) is 0. The van der Waals surface area contributed by atoms with E-state index < -0.39 is 0 Å². The number of allylic oxidation sites excluding steroid dienone is 4. The van der Waals surface area contributed by atoms with Crippen molar-refractivity contribution in [3.63, 3.8) is 0 Å². The minimum atomic E-state index is 0.473. The Labute approximate surface area is 86.1 Å². The van der Waals surface area contributed by atoms with Crippen LogP contribution < -0.4 is 0 Å². The Bertz CT molecular complexity index is 415. The van der Waals surface area contributed by atoms with Crippen LogP contribution in [-0.2, 0) is 0 Å². The molecule has 2 atom stereocenters. The Kier molecular flexibility index (Phi) is 1.50. The van der Waals surface area contributed by atoms with E-state index in [0.717, 1.165) is 0 Å². The first-order chi connectivity index (χ1) is 6.36. The largest absolute Gasteiger partial charge is 0.0762 e. The molecule has 3 aliphatic rings. The standard InChI is InChI=1S/C12H9Br/c13-12-7-8-5-6-11(12)10-4-2-1-3-9(8)10/h1-8,11H/t8-,11-/m1/s1. The second-order valence-electron chi connectivity index (χ2n) is 3.57. The van der Waals surface area contributed by atoms with Crippen LogP contribution in [-0.4, -0.2) is 0 Å². The SMILES string of the molecule is BrC1=C[C@H]2C=C[C@@H]1c1ccccc12. The Morgan fingerprint density at radius 2 is 1.77 bits per heavy atom. The molecule has 0 saturated heterocycles. The van der Waals surface area contributed by atoms with Gasteiger partial charge in [-0.05, 0) is 11.1 Å². The smallest absolute Gasteiger partial charge is 0.0336 e. The topological polar surface area (TPSA) is 0 Å². The molecule has 3 aliphatic carbocycles. The molecular formula is C12H9Br. The summed E-state index contributed by atoms with van der Waals surface area (Å²) in [6, 6.07) is 8.69. The molecule has 0 saturated carbocycles. The molecule has 1 aromatic rings. The summed E-state index contributed by atoms with van der Waals surface area (Å²) >= 11 is 3.63. The number of hydrogen-bond acceptors (Lipinski definition) is 0. The fraction of sp³-hybridized carbons (Fsp3) is 0.167. The molecule has 1 heteroatoms. The van der Waals surface area contributed by atoms with E-state index in [2.05, 4.69) is 58.4 Å². The van der Waals surface area contributed by atoms with Gasteiger partial charge in [0, 0.05) is 16.3 Å².